The minimum Gasteiger partial charge on any atom is -0.338 e. The highest BCUT2D eigenvalue weighted by molar-refractivity contribution is 5.19. The second-order valence-electron chi connectivity index (χ2n) is 5.78. The highest BCUT2D eigenvalue weighted by atomic mass is 15.2. The summed E-state index contributed by atoms with van der Waals surface area (Å²) < 4.78 is 2.12. The van der Waals surface area contributed by atoms with Gasteiger partial charge < -0.3 is 14.8 Å². The minimum atomic E-state index is 0.440. The molecule has 0 bridgehead atoms. The molecule has 1 aromatic carbocycles. The van der Waals surface area contributed by atoms with Gasteiger partial charge in [-0.2, -0.15) is 0 Å². The maximum absolute atomic E-state index is 4.42. The number of benzene rings is 1. The SMILES string of the molecule is Cn1ccnc1CCN1CCCNC(c2ccccc2)C1. The van der Waals surface area contributed by atoms with Crippen molar-refractivity contribution in [2.75, 3.05) is 26.2 Å². The number of imidazole rings is 1. The Kier molecular flexibility index (Phi) is 4.68. The normalized spacial score (nSPS) is 20.3. The van der Waals surface area contributed by atoms with Crippen molar-refractivity contribution in [3.8, 4) is 0 Å². The monoisotopic (exact) mass is 284 g/mol. The summed E-state index contributed by atoms with van der Waals surface area (Å²) in [5.41, 5.74) is 1.39. The van der Waals surface area contributed by atoms with Crippen LogP contribution in [0, 0.1) is 0 Å². The van der Waals surface area contributed by atoms with Gasteiger partial charge in [-0.25, -0.2) is 4.98 Å². The molecule has 1 saturated heterocycles. The van der Waals surface area contributed by atoms with Crippen molar-refractivity contribution in [1.82, 2.24) is 19.8 Å². The van der Waals surface area contributed by atoms with Crippen molar-refractivity contribution in [1.29, 1.82) is 0 Å². The summed E-state index contributed by atoms with van der Waals surface area (Å²) in [4.78, 5) is 6.98. The van der Waals surface area contributed by atoms with Gasteiger partial charge in [-0.1, -0.05) is 30.3 Å². The molecule has 1 unspecified atom stereocenters. The van der Waals surface area contributed by atoms with Gasteiger partial charge >= 0.3 is 0 Å². The van der Waals surface area contributed by atoms with Gasteiger partial charge in [0.15, 0.2) is 0 Å². The van der Waals surface area contributed by atoms with Crippen LogP contribution in [-0.4, -0.2) is 40.6 Å². The van der Waals surface area contributed by atoms with Crippen molar-refractivity contribution < 1.29 is 0 Å². The van der Waals surface area contributed by atoms with E-state index in [1.54, 1.807) is 0 Å². The first-order chi connectivity index (χ1) is 10.3. The summed E-state index contributed by atoms with van der Waals surface area (Å²) in [7, 11) is 2.07. The summed E-state index contributed by atoms with van der Waals surface area (Å²) >= 11 is 0. The number of nitrogens with zero attached hydrogens (tertiary/aromatic N) is 3. The Morgan fingerprint density at radius 1 is 1.29 bits per heavy atom. The second-order valence-corrected chi connectivity index (χ2v) is 5.78. The third kappa shape index (κ3) is 3.71. The van der Waals surface area contributed by atoms with Crippen molar-refractivity contribution in [2.24, 2.45) is 7.05 Å². The third-order valence-electron chi connectivity index (χ3n) is 4.26. The molecule has 2 aromatic rings. The molecule has 2 heterocycles. The Labute approximate surface area is 126 Å². The van der Waals surface area contributed by atoms with Crippen molar-refractivity contribution in [2.45, 2.75) is 18.9 Å². The molecule has 1 fully saturated rings. The molecule has 3 rings (SSSR count). The van der Waals surface area contributed by atoms with Crippen LogP contribution in [0.4, 0.5) is 0 Å². The number of hydrogen-bond donors (Lipinski definition) is 1. The van der Waals surface area contributed by atoms with Crippen LogP contribution in [0.5, 0.6) is 0 Å². The van der Waals surface area contributed by atoms with Crippen LogP contribution in [-0.2, 0) is 13.5 Å². The summed E-state index contributed by atoms with van der Waals surface area (Å²) in [6, 6.07) is 11.2. The van der Waals surface area contributed by atoms with Gasteiger partial charge in [0.1, 0.15) is 5.82 Å². The van der Waals surface area contributed by atoms with Crippen LogP contribution >= 0.6 is 0 Å². The van der Waals surface area contributed by atoms with E-state index < -0.39 is 0 Å². The van der Waals surface area contributed by atoms with Gasteiger partial charge in [0.05, 0.1) is 0 Å². The Balaban J connectivity index is 1.61. The number of rotatable bonds is 4. The first-order valence-electron chi connectivity index (χ1n) is 7.80. The summed E-state index contributed by atoms with van der Waals surface area (Å²) in [6.45, 7) is 4.42. The topological polar surface area (TPSA) is 33.1 Å². The Bertz CT molecular complexity index is 549. The average molecular weight is 284 g/mol. The Morgan fingerprint density at radius 3 is 2.90 bits per heavy atom. The molecule has 4 heteroatoms. The first-order valence-corrected chi connectivity index (χ1v) is 7.80. The molecule has 1 aromatic heterocycles. The lowest BCUT2D eigenvalue weighted by Gasteiger charge is -2.24. The Hall–Kier alpha value is -1.65. The molecule has 0 amide bonds. The summed E-state index contributed by atoms with van der Waals surface area (Å²) in [6.07, 6.45) is 6.13. The van der Waals surface area contributed by atoms with Crippen LogP contribution in [0.1, 0.15) is 23.9 Å². The predicted molar refractivity (Wildman–Crippen MR) is 85.2 cm³/mol. The number of nitrogens with one attached hydrogen (secondary N) is 1. The van der Waals surface area contributed by atoms with Gasteiger partial charge in [0.2, 0.25) is 0 Å². The number of hydrogen-bond acceptors (Lipinski definition) is 3. The lowest BCUT2D eigenvalue weighted by molar-refractivity contribution is 0.269. The zero-order valence-corrected chi connectivity index (χ0v) is 12.7. The smallest absolute Gasteiger partial charge is 0.109 e. The molecule has 1 aliphatic rings. The molecule has 0 saturated carbocycles. The summed E-state index contributed by atoms with van der Waals surface area (Å²) in [5.74, 6) is 1.17. The first kappa shape index (κ1) is 14.3. The van der Waals surface area contributed by atoms with Gasteiger partial charge in [-0.15, -0.1) is 0 Å². The standard InChI is InChI=1S/C17H24N4/c1-20-13-10-19-17(20)8-12-21-11-5-9-18-16(14-21)15-6-3-2-4-7-15/h2-4,6-7,10,13,16,18H,5,8-9,11-12,14H2,1H3. The van der Waals surface area contributed by atoms with E-state index in [1.807, 2.05) is 12.4 Å². The molecule has 0 aliphatic carbocycles. The van der Waals surface area contributed by atoms with Gasteiger partial charge in [-0.3, -0.25) is 0 Å². The average Bonchev–Trinajstić information content (AvgIpc) is 2.79. The lowest BCUT2D eigenvalue weighted by atomic mass is 10.1. The van der Waals surface area contributed by atoms with E-state index in [-0.39, 0.29) is 0 Å². The van der Waals surface area contributed by atoms with E-state index in [4.69, 9.17) is 0 Å². The van der Waals surface area contributed by atoms with E-state index in [9.17, 15) is 0 Å². The van der Waals surface area contributed by atoms with Crippen LogP contribution < -0.4 is 5.32 Å². The van der Waals surface area contributed by atoms with E-state index >= 15 is 0 Å². The molecule has 1 aliphatic heterocycles. The molecule has 0 radical (unpaired) electrons. The van der Waals surface area contributed by atoms with E-state index in [0.29, 0.717) is 6.04 Å². The van der Waals surface area contributed by atoms with Crippen molar-refractivity contribution >= 4 is 0 Å². The molecule has 0 spiro atoms. The van der Waals surface area contributed by atoms with Gasteiger partial charge in [0, 0.05) is 45.0 Å². The highest BCUT2D eigenvalue weighted by Crippen LogP contribution is 2.17. The largest absolute Gasteiger partial charge is 0.338 e. The van der Waals surface area contributed by atoms with E-state index in [2.05, 4.69) is 57.1 Å². The maximum atomic E-state index is 4.42. The van der Waals surface area contributed by atoms with E-state index in [1.165, 1.54) is 24.4 Å². The molecule has 1 N–H and O–H groups in total. The summed E-state index contributed by atoms with van der Waals surface area (Å²) in [5, 5.41) is 3.67. The molecular weight excluding hydrogens is 260 g/mol. The maximum Gasteiger partial charge on any atom is 0.109 e. The Morgan fingerprint density at radius 2 is 2.14 bits per heavy atom. The quantitative estimate of drug-likeness (QED) is 0.932. The molecule has 112 valence electrons. The van der Waals surface area contributed by atoms with Crippen LogP contribution in [0.25, 0.3) is 0 Å². The van der Waals surface area contributed by atoms with Crippen molar-refractivity contribution in [3.63, 3.8) is 0 Å². The molecule has 4 nitrogen and oxygen atoms in total. The minimum absolute atomic E-state index is 0.440. The van der Waals surface area contributed by atoms with Gasteiger partial charge in [-0.05, 0) is 25.1 Å². The highest BCUT2D eigenvalue weighted by Gasteiger charge is 2.19. The predicted octanol–water partition coefficient (Wildman–Crippen LogP) is 2.00. The lowest BCUT2D eigenvalue weighted by Crippen LogP contribution is -2.33. The number of aromatic nitrogens is 2. The van der Waals surface area contributed by atoms with Crippen LogP contribution in [0.2, 0.25) is 0 Å². The van der Waals surface area contributed by atoms with E-state index in [0.717, 1.165) is 26.1 Å². The fourth-order valence-corrected chi connectivity index (χ4v) is 3.00. The third-order valence-corrected chi connectivity index (χ3v) is 4.26. The molecular formula is C17H24N4. The zero-order valence-electron chi connectivity index (χ0n) is 12.7. The number of aryl methyl sites for hydroxylation is 1. The zero-order chi connectivity index (χ0) is 14.5. The van der Waals surface area contributed by atoms with Gasteiger partial charge in [0.25, 0.3) is 0 Å². The fraction of sp³-hybridized carbons (Fsp3) is 0.471. The second kappa shape index (κ2) is 6.87. The van der Waals surface area contributed by atoms with Crippen LogP contribution in [0.3, 0.4) is 0 Å². The van der Waals surface area contributed by atoms with Crippen LogP contribution in [0.15, 0.2) is 42.7 Å². The molecule has 21 heavy (non-hydrogen) atoms. The fourth-order valence-electron chi connectivity index (χ4n) is 3.00. The molecule has 1 atom stereocenters. The van der Waals surface area contributed by atoms with Crippen molar-refractivity contribution in [3.05, 3.63) is 54.1 Å².